The van der Waals surface area contributed by atoms with E-state index in [1.165, 1.54) is 0 Å². The van der Waals surface area contributed by atoms with Crippen molar-refractivity contribution in [2.45, 2.75) is 26.3 Å². The van der Waals surface area contributed by atoms with Crippen LogP contribution in [0.2, 0.25) is 0 Å². The number of rotatable bonds is 7. The van der Waals surface area contributed by atoms with Gasteiger partial charge in [0.1, 0.15) is 11.6 Å². The molecule has 7 heteroatoms. The van der Waals surface area contributed by atoms with E-state index in [4.69, 9.17) is 17.0 Å². The Kier molecular flexibility index (Phi) is 6.60. The highest BCUT2D eigenvalue weighted by atomic mass is 32.1. The topological polar surface area (TPSA) is 70.2 Å². The van der Waals surface area contributed by atoms with Crippen molar-refractivity contribution in [2.24, 2.45) is 0 Å². The van der Waals surface area contributed by atoms with Gasteiger partial charge in [-0.2, -0.15) is 0 Å². The summed E-state index contributed by atoms with van der Waals surface area (Å²) in [5.41, 5.74) is 1.43. The molecule has 0 aliphatic rings. The first-order valence-corrected chi connectivity index (χ1v) is 9.69. The zero-order valence-corrected chi connectivity index (χ0v) is 16.9. The monoisotopic (exact) mass is 396 g/mol. The summed E-state index contributed by atoms with van der Waals surface area (Å²) in [4.78, 5) is 21.8. The summed E-state index contributed by atoms with van der Waals surface area (Å²) in [6.45, 7) is 3.34. The van der Waals surface area contributed by atoms with Crippen molar-refractivity contribution in [2.75, 3.05) is 19.0 Å². The first-order valence-electron chi connectivity index (χ1n) is 9.28. The molecule has 6 nitrogen and oxygen atoms in total. The van der Waals surface area contributed by atoms with Crippen LogP contribution in [0.5, 0.6) is 5.75 Å². The number of fused-ring (bicyclic) bond motifs is 1. The Balaban J connectivity index is 1.79. The number of methoxy groups -OCH3 is 1. The normalized spacial score (nSPS) is 10.6. The lowest BCUT2D eigenvalue weighted by atomic mass is 10.2. The average Bonchev–Trinajstić information content (AvgIpc) is 2.71. The van der Waals surface area contributed by atoms with Crippen molar-refractivity contribution >= 4 is 33.9 Å². The second-order valence-corrected chi connectivity index (χ2v) is 6.85. The van der Waals surface area contributed by atoms with Gasteiger partial charge < -0.3 is 19.9 Å². The molecule has 1 heterocycles. The zero-order valence-electron chi connectivity index (χ0n) is 16.1. The minimum Gasteiger partial charge on any atom is -0.497 e. The molecule has 0 aliphatic carbocycles. The van der Waals surface area contributed by atoms with Gasteiger partial charge in [0.2, 0.25) is 0 Å². The van der Waals surface area contributed by atoms with Crippen LogP contribution in [0.3, 0.4) is 0 Å². The number of unbranched alkanes of at least 4 members (excludes halogenated alkanes) is 1. The minimum absolute atomic E-state index is 0.134. The second-order valence-electron chi connectivity index (χ2n) is 6.46. The van der Waals surface area contributed by atoms with E-state index >= 15 is 0 Å². The molecule has 146 valence electrons. The molecule has 3 aromatic rings. The molecule has 2 N–H and O–H groups in total. The summed E-state index contributed by atoms with van der Waals surface area (Å²) in [7, 11) is 1.64. The molecule has 0 radical (unpaired) electrons. The fourth-order valence-electron chi connectivity index (χ4n) is 2.87. The Bertz CT molecular complexity index is 1000. The number of aromatic nitrogens is 2. The molecule has 0 unspecified atom stereocenters. The van der Waals surface area contributed by atoms with Crippen molar-refractivity contribution in [1.82, 2.24) is 14.9 Å². The summed E-state index contributed by atoms with van der Waals surface area (Å²) >= 11 is 5.62. The van der Waals surface area contributed by atoms with Crippen molar-refractivity contribution < 1.29 is 4.74 Å². The molecule has 0 saturated carbocycles. The van der Waals surface area contributed by atoms with Crippen LogP contribution < -0.4 is 15.6 Å². The maximum absolute atomic E-state index is 12.3. The molecular weight excluding hydrogens is 372 g/mol. The summed E-state index contributed by atoms with van der Waals surface area (Å²) < 4.78 is 5.19. The van der Waals surface area contributed by atoms with Gasteiger partial charge in [0, 0.05) is 12.2 Å². The standard InChI is InChI=1S/C21H24N4O2S/c1-3-4-13-25(21(28)22-15-9-11-16(27-2)12-10-15)14-19-23-18-8-6-5-7-17(18)20(26)24-19/h5-12H,3-4,13-14H2,1-2H3,(H,22,28)(H,23,24,26). The summed E-state index contributed by atoms with van der Waals surface area (Å²) in [6.07, 6.45) is 2.03. The lowest BCUT2D eigenvalue weighted by Gasteiger charge is -2.25. The first-order chi connectivity index (χ1) is 13.6. The van der Waals surface area contributed by atoms with E-state index in [1.807, 2.05) is 47.4 Å². The van der Waals surface area contributed by atoms with Crippen LogP contribution in [0.25, 0.3) is 10.9 Å². The number of hydrogen-bond donors (Lipinski definition) is 2. The van der Waals surface area contributed by atoms with Crippen molar-refractivity contribution in [3.63, 3.8) is 0 Å². The van der Waals surface area contributed by atoms with E-state index in [2.05, 4.69) is 22.2 Å². The summed E-state index contributed by atoms with van der Waals surface area (Å²) in [5, 5.41) is 4.44. The lowest BCUT2D eigenvalue weighted by Crippen LogP contribution is -2.36. The number of benzene rings is 2. The number of H-pyrrole nitrogens is 1. The third-order valence-corrected chi connectivity index (χ3v) is 4.77. The molecule has 2 aromatic carbocycles. The van der Waals surface area contributed by atoms with E-state index < -0.39 is 0 Å². The van der Waals surface area contributed by atoms with E-state index in [0.717, 1.165) is 30.8 Å². The van der Waals surface area contributed by atoms with Gasteiger partial charge in [0.15, 0.2) is 5.11 Å². The zero-order chi connectivity index (χ0) is 19.9. The molecule has 0 fully saturated rings. The van der Waals surface area contributed by atoms with Crippen LogP contribution in [0, 0.1) is 0 Å². The largest absolute Gasteiger partial charge is 0.497 e. The van der Waals surface area contributed by atoms with Crippen molar-refractivity contribution in [1.29, 1.82) is 0 Å². The van der Waals surface area contributed by atoms with E-state index in [9.17, 15) is 4.79 Å². The fraction of sp³-hybridized carbons (Fsp3) is 0.286. The molecule has 28 heavy (non-hydrogen) atoms. The third kappa shape index (κ3) is 4.86. The fourth-order valence-corrected chi connectivity index (χ4v) is 3.14. The number of anilines is 1. The quantitative estimate of drug-likeness (QED) is 0.590. The van der Waals surface area contributed by atoms with Gasteiger partial charge in [-0.3, -0.25) is 4.79 Å². The van der Waals surface area contributed by atoms with E-state index in [1.54, 1.807) is 13.2 Å². The first kappa shape index (κ1) is 19.8. The molecule has 0 aliphatic heterocycles. The minimum atomic E-state index is -0.134. The van der Waals surface area contributed by atoms with Gasteiger partial charge in [-0.1, -0.05) is 25.5 Å². The molecular formula is C21H24N4O2S. The molecule has 0 amide bonds. The van der Waals surface area contributed by atoms with Crippen LogP contribution >= 0.6 is 12.2 Å². The Morgan fingerprint density at radius 3 is 2.68 bits per heavy atom. The van der Waals surface area contributed by atoms with Gasteiger partial charge in [-0.05, 0) is 55.0 Å². The number of nitrogens with one attached hydrogen (secondary N) is 2. The highest BCUT2D eigenvalue weighted by Crippen LogP contribution is 2.16. The van der Waals surface area contributed by atoms with Gasteiger partial charge >= 0.3 is 0 Å². The maximum Gasteiger partial charge on any atom is 0.258 e. The molecule has 0 atom stereocenters. The third-order valence-electron chi connectivity index (χ3n) is 4.41. The highest BCUT2D eigenvalue weighted by Gasteiger charge is 2.13. The van der Waals surface area contributed by atoms with Crippen LogP contribution in [0.4, 0.5) is 5.69 Å². The second kappa shape index (κ2) is 9.32. The Hall–Kier alpha value is -2.93. The number of nitrogens with zero attached hydrogens (tertiary/aromatic N) is 2. The molecule has 0 saturated heterocycles. The molecule has 0 spiro atoms. The van der Waals surface area contributed by atoms with Crippen LogP contribution in [-0.4, -0.2) is 33.6 Å². The number of hydrogen-bond acceptors (Lipinski definition) is 4. The van der Waals surface area contributed by atoms with Crippen molar-refractivity contribution in [3.8, 4) is 5.75 Å². The predicted octanol–water partition coefficient (Wildman–Crippen LogP) is 3.93. The number of thiocarbonyl (C=S) groups is 1. The Morgan fingerprint density at radius 2 is 1.96 bits per heavy atom. The van der Waals surface area contributed by atoms with Gasteiger partial charge in [0.25, 0.3) is 5.56 Å². The Labute approximate surface area is 169 Å². The lowest BCUT2D eigenvalue weighted by molar-refractivity contribution is 0.397. The van der Waals surface area contributed by atoms with Gasteiger partial charge in [-0.25, -0.2) is 4.98 Å². The molecule has 0 bridgehead atoms. The van der Waals surface area contributed by atoms with Crippen LogP contribution in [0.15, 0.2) is 53.3 Å². The average molecular weight is 397 g/mol. The number of ether oxygens (including phenoxy) is 1. The maximum atomic E-state index is 12.3. The van der Waals surface area contributed by atoms with E-state index in [0.29, 0.717) is 28.4 Å². The molecule has 1 aromatic heterocycles. The van der Waals surface area contributed by atoms with Gasteiger partial charge in [-0.15, -0.1) is 0 Å². The number of aromatic amines is 1. The van der Waals surface area contributed by atoms with Crippen LogP contribution in [0.1, 0.15) is 25.6 Å². The van der Waals surface area contributed by atoms with Gasteiger partial charge in [0.05, 0.1) is 24.6 Å². The van der Waals surface area contributed by atoms with Crippen molar-refractivity contribution in [3.05, 3.63) is 64.7 Å². The SMILES string of the molecule is CCCCN(Cc1nc2ccccc2c(=O)[nH]1)C(=S)Nc1ccc(OC)cc1. The molecule has 3 rings (SSSR count). The summed E-state index contributed by atoms with van der Waals surface area (Å²) in [5.74, 6) is 1.39. The highest BCUT2D eigenvalue weighted by molar-refractivity contribution is 7.80. The Morgan fingerprint density at radius 1 is 1.21 bits per heavy atom. The van der Waals surface area contributed by atoms with Crippen LogP contribution in [-0.2, 0) is 6.54 Å². The smallest absolute Gasteiger partial charge is 0.258 e. The summed E-state index contributed by atoms with van der Waals surface area (Å²) in [6, 6.07) is 14.9. The predicted molar refractivity (Wildman–Crippen MR) is 117 cm³/mol. The number of para-hydroxylation sites is 1. The van der Waals surface area contributed by atoms with E-state index in [-0.39, 0.29) is 5.56 Å².